The summed E-state index contributed by atoms with van der Waals surface area (Å²) in [7, 11) is 0. The molecule has 0 saturated carbocycles. The summed E-state index contributed by atoms with van der Waals surface area (Å²) in [5, 5.41) is 9.08. The van der Waals surface area contributed by atoms with E-state index in [1.54, 1.807) is 23.1 Å². The molecular weight excluding hydrogens is 456 g/mol. The molecule has 1 aliphatic heterocycles. The van der Waals surface area contributed by atoms with E-state index in [1.807, 2.05) is 43.5 Å². The van der Waals surface area contributed by atoms with Crippen LogP contribution < -0.4 is 10.6 Å². The maximum Gasteiger partial charge on any atom is 0.287 e. The van der Waals surface area contributed by atoms with Gasteiger partial charge in [-0.2, -0.15) is 0 Å². The first kappa shape index (κ1) is 23.8. The van der Waals surface area contributed by atoms with E-state index in [4.69, 9.17) is 4.42 Å². The molecule has 3 aromatic rings. The lowest BCUT2D eigenvalue weighted by Gasteiger charge is -2.31. The first-order chi connectivity index (χ1) is 16.0. The van der Waals surface area contributed by atoms with Crippen LogP contribution in [0.3, 0.4) is 0 Å². The summed E-state index contributed by atoms with van der Waals surface area (Å²) < 4.78 is 6.99. The number of para-hydroxylation sites is 1. The number of aryl methyl sites for hydroxylation is 1. The number of thiazole rings is 1. The third kappa shape index (κ3) is 6.16. The molecule has 9 heteroatoms. The first-order valence-corrected chi connectivity index (χ1v) is 13.2. The van der Waals surface area contributed by atoms with Crippen molar-refractivity contribution in [3.63, 3.8) is 0 Å². The molecule has 0 aliphatic carbocycles. The van der Waals surface area contributed by atoms with Crippen molar-refractivity contribution in [3.8, 4) is 0 Å². The number of piperidine rings is 1. The number of rotatable bonds is 9. The molecule has 2 N–H and O–H groups in total. The predicted molar refractivity (Wildman–Crippen MR) is 133 cm³/mol. The summed E-state index contributed by atoms with van der Waals surface area (Å²) in [6.45, 7) is 6.73. The Morgan fingerprint density at radius 2 is 2.06 bits per heavy atom. The highest BCUT2D eigenvalue weighted by molar-refractivity contribution is 8.00. The molecule has 0 bridgehead atoms. The van der Waals surface area contributed by atoms with Crippen molar-refractivity contribution in [2.75, 3.05) is 26.2 Å². The van der Waals surface area contributed by atoms with Crippen LogP contribution in [0.15, 0.2) is 38.4 Å². The van der Waals surface area contributed by atoms with Gasteiger partial charge in [0.25, 0.3) is 5.91 Å². The van der Waals surface area contributed by atoms with Crippen molar-refractivity contribution in [3.05, 3.63) is 46.7 Å². The second kappa shape index (κ2) is 11.2. The monoisotopic (exact) mass is 486 g/mol. The number of aromatic nitrogens is 1. The minimum atomic E-state index is -0.170. The third-order valence-corrected chi connectivity index (χ3v) is 7.87. The van der Waals surface area contributed by atoms with Gasteiger partial charge >= 0.3 is 0 Å². The molecule has 0 atom stereocenters. The molecule has 2 aromatic heterocycles. The summed E-state index contributed by atoms with van der Waals surface area (Å²) in [5.41, 5.74) is 2.64. The van der Waals surface area contributed by atoms with Gasteiger partial charge in [-0.25, -0.2) is 4.98 Å². The Balaban J connectivity index is 1.38. The number of amides is 2. The lowest BCUT2D eigenvalue weighted by molar-refractivity contribution is -0.122. The van der Waals surface area contributed by atoms with Gasteiger partial charge in [0, 0.05) is 53.5 Å². The largest absolute Gasteiger partial charge is 0.451 e. The van der Waals surface area contributed by atoms with Crippen LogP contribution in [0.4, 0.5) is 0 Å². The Hall–Kier alpha value is -2.36. The Bertz CT molecular complexity index is 1100. The highest BCUT2D eigenvalue weighted by Gasteiger charge is 2.26. The summed E-state index contributed by atoms with van der Waals surface area (Å²) in [6, 6.07) is 7.85. The first-order valence-electron chi connectivity index (χ1n) is 11.4. The Morgan fingerprint density at radius 1 is 1.27 bits per heavy atom. The summed E-state index contributed by atoms with van der Waals surface area (Å²) >= 11 is 3.24. The quantitative estimate of drug-likeness (QED) is 0.441. The molecule has 7 nitrogen and oxygen atoms in total. The zero-order valence-corrected chi connectivity index (χ0v) is 20.7. The number of hydrogen-bond acceptors (Lipinski definition) is 7. The number of nitrogens with one attached hydrogen (secondary N) is 2. The Morgan fingerprint density at radius 3 is 2.79 bits per heavy atom. The van der Waals surface area contributed by atoms with E-state index in [0.717, 1.165) is 58.9 Å². The number of fused-ring (bicyclic) bond motifs is 1. The zero-order chi connectivity index (χ0) is 23.2. The van der Waals surface area contributed by atoms with Gasteiger partial charge in [0.2, 0.25) is 5.91 Å². The number of carbonyl (C=O) groups is 2. The van der Waals surface area contributed by atoms with Gasteiger partial charge in [-0.3, -0.25) is 14.5 Å². The summed E-state index contributed by atoms with van der Waals surface area (Å²) in [5.74, 6) is 0.909. The van der Waals surface area contributed by atoms with Crippen molar-refractivity contribution in [2.45, 2.75) is 49.2 Å². The molecule has 0 spiro atoms. The molecule has 4 rings (SSSR count). The fourth-order valence-electron chi connectivity index (χ4n) is 3.97. The molecular formula is C24H30N4O3S2. The van der Waals surface area contributed by atoms with Gasteiger partial charge in [0.05, 0.1) is 6.54 Å². The molecule has 0 unspecified atom stereocenters. The van der Waals surface area contributed by atoms with Crippen LogP contribution in [0.2, 0.25) is 0 Å². The third-order valence-electron chi connectivity index (χ3n) is 5.70. The maximum absolute atomic E-state index is 13.2. The zero-order valence-electron chi connectivity index (χ0n) is 19.1. The van der Waals surface area contributed by atoms with Crippen LogP contribution in [0.25, 0.3) is 11.0 Å². The number of likely N-dealkylation sites (tertiary alicyclic amines) is 1. The smallest absolute Gasteiger partial charge is 0.287 e. The number of thioether (sulfide) groups is 1. The van der Waals surface area contributed by atoms with Crippen LogP contribution in [-0.4, -0.2) is 53.9 Å². The van der Waals surface area contributed by atoms with Crippen LogP contribution in [0.1, 0.15) is 48.0 Å². The molecule has 1 aromatic carbocycles. The standard InChI is InChI=1S/C24H30N4O3S2/c1-3-10-25-21(29)13-28-11-8-17(9-12-28)27-23(30)22-19(15-33-24-26-16(2)14-32-24)18-6-4-5-7-20(18)31-22/h4-7,14,17H,3,8-13,15H2,1-2H3,(H,25,29)(H,27,30). The van der Waals surface area contributed by atoms with E-state index in [2.05, 4.69) is 20.5 Å². The van der Waals surface area contributed by atoms with Gasteiger partial charge in [-0.05, 0) is 32.3 Å². The number of benzene rings is 1. The molecule has 1 aliphatic rings. The topological polar surface area (TPSA) is 87.5 Å². The van der Waals surface area contributed by atoms with Gasteiger partial charge in [0.15, 0.2) is 5.76 Å². The van der Waals surface area contributed by atoms with Crippen molar-refractivity contribution in [1.29, 1.82) is 0 Å². The van der Waals surface area contributed by atoms with Crippen molar-refractivity contribution >= 4 is 45.9 Å². The van der Waals surface area contributed by atoms with E-state index < -0.39 is 0 Å². The van der Waals surface area contributed by atoms with Gasteiger partial charge in [0.1, 0.15) is 9.92 Å². The second-order valence-corrected chi connectivity index (χ2v) is 10.4. The molecule has 2 amide bonds. The SMILES string of the molecule is CCCNC(=O)CN1CCC(NC(=O)c2oc3ccccc3c2CSc2nc(C)cs2)CC1. The van der Waals surface area contributed by atoms with Crippen molar-refractivity contribution < 1.29 is 14.0 Å². The van der Waals surface area contributed by atoms with Gasteiger partial charge in [-0.1, -0.05) is 36.9 Å². The molecule has 3 heterocycles. The average molecular weight is 487 g/mol. The van der Waals surface area contributed by atoms with E-state index in [-0.39, 0.29) is 17.9 Å². The van der Waals surface area contributed by atoms with Crippen LogP contribution in [0.5, 0.6) is 0 Å². The number of hydrogen-bond donors (Lipinski definition) is 2. The average Bonchev–Trinajstić information content (AvgIpc) is 3.40. The number of carbonyl (C=O) groups excluding carboxylic acids is 2. The fourth-order valence-corrected chi connectivity index (χ4v) is 5.84. The normalized spacial score (nSPS) is 15.1. The number of nitrogens with zero attached hydrogens (tertiary/aromatic N) is 2. The lowest BCUT2D eigenvalue weighted by Crippen LogP contribution is -2.47. The Kier molecular flexibility index (Phi) is 8.06. The van der Waals surface area contributed by atoms with Gasteiger partial charge < -0.3 is 15.1 Å². The van der Waals surface area contributed by atoms with Gasteiger partial charge in [-0.15, -0.1) is 11.3 Å². The van der Waals surface area contributed by atoms with Crippen molar-refractivity contribution in [2.24, 2.45) is 0 Å². The van der Waals surface area contributed by atoms with E-state index in [0.29, 0.717) is 24.6 Å². The Labute approximate surface area is 202 Å². The van der Waals surface area contributed by atoms with Crippen LogP contribution in [0, 0.1) is 6.92 Å². The van der Waals surface area contributed by atoms with E-state index >= 15 is 0 Å². The van der Waals surface area contributed by atoms with Crippen LogP contribution >= 0.6 is 23.1 Å². The molecule has 1 saturated heterocycles. The summed E-state index contributed by atoms with van der Waals surface area (Å²) in [4.78, 5) is 31.8. The minimum Gasteiger partial charge on any atom is -0.451 e. The molecule has 176 valence electrons. The molecule has 33 heavy (non-hydrogen) atoms. The lowest BCUT2D eigenvalue weighted by atomic mass is 10.0. The second-order valence-electron chi connectivity index (χ2n) is 8.32. The minimum absolute atomic E-state index is 0.0687. The number of furan rings is 1. The molecule has 1 fully saturated rings. The van der Waals surface area contributed by atoms with Crippen molar-refractivity contribution in [1.82, 2.24) is 20.5 Å². The fraction of sp³-hybridized carbons (Fsp3) is 0.458. The van der Waals surface area contributed by atoms with E-state index in [9.17, 15) is 9.59 Å². The summed E-state index contributed by atoms with van der Waals surface area (Å²) in [6.07, 6.45) is 2.57. The maximum atomic E-state index is 13.2. The van der Waals surface area contributed by atoms with E-state index in [1.165, 1.54) is 0 Å². The van der Waals surface area contributed by atoms with Crippen LogP contribution in [-0.2, 0) is 10.5 Å². The highest BCUT2D eigenvalue weighted by atomic mass is 32.2. The highest BCUT2D eigenvalue weighted by Crippen LogP contribution is 2.33. The molecule has 0 radical (unpaired) electrons. The predicted octanol–water partition coefficient (Wildman–Crippen LogP) is 4.21.